The number of nitrogens with zero attached hydrogens (tertiary/aromatic N) is 2. The molecule has 1 amide bonds. The molecule has 0 bridgehead atoms. The molecule has 0 fully saturated rings. The highest BCUT2D eigenvalue weighted by atomic mass is 16.5. The molecule has 6 heteroatoms. The first kappa shape index (κ1) is 20.5. The van der Waals surface area contributed by atoms with Gasteiger partial charge in [-0.15, -0.1) is 0 Å². The second-order valence-electron chi connectivity index (χ2n) is 7.38. The molecule has 3 aromatic carbocycles. The van der Waals surface area contributed by atoms with Crippen molar-refractivity contribution in [1.82, 2.24) is 9.55 Å². The Balaban J connectivity index is 1.63. The largest absolute Gasteiger partial charge is 0.493 e. The zero-order chi connectivity index (χ0) is 21.8. The van der Waals surface area contributed by atoms with Crippen LogP contribution < -0.4 is 14.8 Å². The zero-order valence-corrected chi connectivity index (χ0v) is 17.9. The summed E-state index contributed by atoms with van der Waals surface area (Å²) in [6.45, 7) is 2.20. The van der Waals surface area contributed by atoms with Gasteiger partial charge in [-0.05, 0) is 48.9 Å². The van der Waals surface area contributed by atoms with Crippen molar-refractivity contribution in [2.45, 2.75) is 19.9 Å². The summed E-state index contributed by atoms with van der Waals surface area (Å²) in [5.41, 5.74) is 4.74. The van der Waals surface area contributed by atoms with Crippen LogP contribution >= 0.6 is 0 Å². The molecule has 4 rings (SSSR count). The predicted molar refractivity (Wildman–Crippen MR) is 122 cm³/mol. The molecule has 0 aliphatic heterocycles. The average molecular weight is 415 g/mol. The number of amides is 1. The van der Waals surface area contributed by atoms with Gasteiger partial charge in [-0.25, -0.2) is 4.98 Å². The minimum Gasteiger partial charge on any atom is -0.493 e. The van der Waals surface area contributed by atoms with E-state index in [4.69, 9.17) is 14.5 Å². The Labute approximate surface area is 181 Å². The van der Waals surface area contributed by atoms with E-state index in [9.17, 15) is 4.79 Å². The Morgan fingerprint density at radius 3 is 2.45 bits per heavy atom. The smallest absolute Gasteiger partial charge is 0.244 e. The Kier molecular flexibility index (Phi) is 5.89. The SMILES string of the molecule is COc1ccc(Cc2nc3ccccc3n2CC(=O)Nc2ccc(C)cc2)cc1OC. The number of benzene rings is 3. The maximum atomic E-state index is 12.8. The molecule has 0 unspecified atom stereocenters. The standard InChI is InChI=1S/C25H25N3O3/c1-17-8-11-19(12-9-17)26-25(29)16-28-21-7-5-4-6-20(21)27-24(28)15-18-10-13-22(30-2)23(14-18)31-3/h4-14H,15-16H2,1-3H3,(H,26,29). The number of para-hydroxylation sites is 2. The Morgan fingerprint density at radius 2 is 1.71 bits per heavy atom. The van der Waals surface area contributed by atoms with Crippen LogP contribution in [0.1, 0.15) is 17.0 Å². The molecule has 1 N–H and O–H groups in total. The number of rotatable bonds is 7. The summed E-state index contributed by atoms with van der Waals surface area (Å²) in [5.74, 6) is 2.06. The van der Waals surface area contributed by atoms with Crippen LogP contribution in [0.25, 0.3) is 11.0 Å². The number of methoxy groups -OCH3 is 2. The van der Waals surface area contributed by atoms with Crippen LogP contribution in [0.3, 0.4) is 0 Å². The van der Waals surface area contributed by atoms with Gasteiger partial charge in [0.1, 0.15) is 12.4 Å². The van der Waals surface area contributed by atoms with Gasteiger partial charge in [0.15, 0.2) is 11.5 Å². The predicted octanol–water partition coefficient (Wildman–Crippen LogP) is 4.59. The van der Waals surface area contributed by atoms with Crippen LogP contribution in [0.2, 0.25) is 0 Å². The fraction of sp³-hybridized carbons (Fsp3) is 0.200. The first-order valence-corrected chi connectivity index (χ1v) is 10.1. The van der Waals surface area contributed by atoms with Gasteiger partial charge in [0.2, 0.25) is 5.91 Å². The molecule has 0 radical (unpaired) electrons. The van der Waals surface area contributed by atoms with Gasteiger partial charge in [0, 0.05) is 12.1 Å². The third-order valence-corrected chi connectivity index (χ3v) is 5.18. The third-order valence-electron chi connectivity index (χ3n) is 5.18. The lowest BCUT2D eigenvalue weighted by Crippen LogP contribution is -2.20. The summed E-state index contributed by atoms with van der Waals surface area (Å²) in [6.07, 6.45) is 0.562. The van der Waals surface area contributed by atoms with Crippen molar-refractivity contribution in [3.05, 3.63) is 83.7 Å². The Bertz CT molecular complexity index is 1210. The topological polar surface area (TPSA) is 65.4 Å². The van der Waals surface area contributed by atoms with Gasteiger partial charge < -0.3 is 19.4 Å². The second kappa shape index (κ2) is 8.92. The van der Waals surface area contributed by atoms with Crippen LogP contribution in [-0.4, -0.2) is 29.7 Å². The number of hydrogen-bond acceptors (Lipinski definition) is 4. The second-order valence-corrected chi connectivity index (χ2v) is 7.38. The number of fused-ring (bicyclic) bond motifs is 1. The van der Waals surface area contributed by atoms with E-state index in [1.807, 2.05) is 78.2 Å². The molecule has 31 heavy (non-hydrogen) atoms. The van der Waals surface area contributed by atoms with Crippen molar-refractivity contribution in [1.29, 1.82) is 0 Å². The molecule has 0 aliphatic carbocycles. The van der Waals surface area contributed by atoms with Crippen molar-refractivity contribution in [3.8, 4) is 11.5 Å². The molecule has 0 atom stereocenters. The first-order valence-electron chi connectivity index (χ1n) is 10.1. The average Bonchev–Trinajstić information content (AvgIpc) is 3.12. The van der Waals surface area contributed by atoms with E-state index in [1.54, 1.807) is 14.2 Å². The summed E-state index contributed by atoms with van der Waals surface area (Å²) in [4.78, 5) is 17.6. The normalized spacial score (nSPS) is 10.8. The number of aryl methyl sites for hydroxylation is 1. The van der Waals surface area contributed by atoms with Crippen molar-refractivity contribution >= 4 is 22.6 Å². The van der Waals surface area contributed by atoms with Gasteiger partial charge in [-0.3, -0.25) is 4.79 Å². The number of imidazole rings is 1. The summed E-state index contributed by atoms with van der Waals surface area (Å²) < 4.78 is 12.7. The van der Waals surface area contributed by atoms with E-state index in [-0.39, 0.29) is 12.5 Å². The lowest BCUT2D eigenvalue weighted by Gasteiger charge is -2.12. The van der Waals surface area contributed by atoms with Crippen LogP contribution in [0.15, 0.2) is 66.7 Å². The fourth-order valence-corrected chi connectivity index (χ4v) is 3.59. The number of nitrogens with one attached hydrogen (secondary N) is 1. The van der Waals surface area contributed by atoms with Crippen LogP contribution in [0.4, 0.5) is 5.69 Å². The lowest BCUT2D eigenvalue weighted by atomic mass is 10.1. The maximum Gasteiger partial charge on any atom is 0.244 e. The quantitative estimate of drug-likeness (QED) is 0.479. The Hall–Kier alpha value is -3.80. The number of aromatic nitrogens is 2. The minimum absolute atomic E-state index is 0.0967. The summed E-state index contributed by atoms with van der Waals surface area (Å²) in [5, 5.41) is 2.97. The molecule has 158 valence electrons. The highest BCUT2D eigenvalue weighted by molar-refractivity contribution is 5.91. The van der Waals surface area contributed by atoms with E-state index < -0.39 is 0 Å². The van der Waals surface area contributed by atoms with Crippen LogP contribution in [-0.2, 0) is 17.8 Å². The van der Waals surface area contributed by atoms with Gasteiger partial charge >= 0.3 is 0 Å². The molecular formula is C25H25N3O3. The van der Waals surface area contributed by atoms with Gasteiger partial charge in [0.25, 0.3) is 0 Å². The number of ether oxygens (including phenoxy) is 2. The molecule has 0 saturated carbocycles. The number of anilines is 1. The van der Waals surface area contributed by atoms with E-state index in [0.29, 0.717) is 17.9 Å². The minimum atomic E-state index is -0.0967. The maximum absolute atomic E-state index is 12.8. The molecule has 1 heterocycles. The molecule has 4 aromatic rings. The summed E-state index contributed by atoms with van der Waals surface area (Å²) in [6, 6.07) is 21.4. The first-order chi connectivity index (χ1) is 15.1. The van der Waals surface area contributed by atoms with Crippen molar-refractivity contribution in [2.24, 2.45) is 0 Å². The van der Waals surface area contributed by atoms with E-state index >= 15 is 0 Å². The molecule has 1 aromatic heterocycles. The lowest BCUT2D eigenvalue weighted by molar-refractivity contribution is -0.116. The van der Waals surface area contributed by atoms with Crippen molar-refractivity contribution in [2.75, 3.05) is 19.5 Å². The summed E-state index contributed by atoms with van der Waals surface area (Å²) >= 11 is 0. The van der Waals surface area contributed by atoms with E-state index in [1.165, 1.54) is 0 Å². The third kappa shape index (κ3) is 4.53. The molecular weight excluding hydrogens is 390 g/mol. The van der Waals surface area contributed by atoms with Crippen molar-refractivity contribution in [3.63, 3.8) is 0 Å². The number of carbonyl (C=O) groups is 1. The summed E-state index contributed by atoms with van der Waals surface area (Å²) in [7, 11) is 3.23. The highest BCUT2D eigenvalue weighted by Crippen LogP contribution is 2.29. The highest BCUT2D eigenvalue weighted by Gasteiger charge is 2.15. The molecule has 0 saturated heterocycles. The van der Waals surface area contributed by atoms with Gasteiger partial charge in [0.05, 0.1) is 25.3 Å². The van der Waals surface area contributed by atoms with Crippen molar-refractivity contribution < 1.29 is 14.3 Å². The van der Waals surface area contributed by atoms with Crippen LogP contribution in [0, 0.1) is 6.92 Å². The molecule has 6 nitrogen and oxygen atoms in total. The fourth-order valence-electron chi connectivity index (χ4n) is 3.59. The monoisotopic (exact) mass is 415 g/mol. The molecule has 0 aliphatic rings. The Morgan fingerprint density at radius 1 is 0.968 bits per heavy atom. The number of carbonyl (C=O) groups excluding carboxylic acids is 1. The number of hydrogen-bond donors (Lipinski definition) is 1. The molecule has 0 spiro atoms. The zero-order valence-electron chi connectivity index (χ0n) is 17.9. The van der Waals surface area contributed by atoms with Crippen LogP contribution in [0.5, 0.6) is 11.5 Å². The van der Waals surface area contributed by atoms with E-state index in [0.717, 1.165) is 33.7 Å². The van der Waals surface area contributed by atoms with Gasteiger partial charge in [-0.1, -0.05) is 35.9 Å². The van der Waals surface area contributed by atoms with Gasteiger partial charge in [-0.2, -0.15) is 0 Å². The van der Waals surface area contributed by atoms with E-state index in [2.05, 4.69) is 5.32 Å².